The van der Waals surface area contributed by atoms with Crippen LogP contribution in [-0.2, 0) is 11.2 Å². The zero-order valence-electron chi connectivity index (χ0n) is 16.4. The van der Waals surface area contributed by atoms with E-state index in [9.17, 15) is 4.79 Å². The van der Waals surface area contributed by atoms with E-state index in [1.165, 1.54) is 0 Å². The van der Waals surface area contributed by atoms with Crippen LogP contribution in [-0.4, -0.2) is 37.1 Å². The molecular formula is C22H24BrN3O3. The minimum Gasteiger partial charge on any atom is -0.496 e. The molecule has 0 spiro atoms. The molecule has 1 saturated heterocycles. The van der Waals surface area contributed by atoms with Crippen LogP contribution in [0.5, 0.6) is 5.75 Å². The Labute approximate surface area is 178 Å². The standard InChI is InChI=1S/C22H24BrN3O3/c1-28-19-10-9-16(23)13-15(19)8-11-21(27)24-14-17-5-4-12-26(17)22-25-18-6-2-3-7-20(18)29-22/h2-3,6-7,9-10,13,17H,4-5,8,11-12,14H2,1H3,(H,24,27). The van der Waals surface area contributed by atoms with Gasteiger partial charge >= 0.3 is 0 Å². The molecule has 1 aromatic heterocycles. The Balaban J connectivity index is 1.33. The van der Waals surface area contributed by atoms with Crippen LogP contribution in [0.2, 0.25) is 0 Å². The molecular weight excluding hydrogens is 434 g/mol. The maximum atomic E-state index is 12.4. The van der Waals surface area contributed by atoms with Gasteiger partial charge in [-0.15, -0.1) is 0 Å². The average Bonchev–Trinajstić information content (AvgIpc) is 3.37. The Bertz CT molecular complexity index is 971. The molecule has 4 rings (SSSR count). The van der Waals surface area contributed by atoms with E-state index >= 15 is 0 Å². The Morgan fingerprint density at radius 3 is 3.03 bits per heavy atom. The highest BCUT2D eigenvalue weighted by Gasteiger charge is 2.28. The molecule has 29 heavy (non-hydrogen) atoms. The smallest absolute Gasteiger partial charge is 0.298 e. The molecule has 0 aliphatic carbocycles. The predicted octanol–water partition coefficient (Wildman–Crippen LogP) is 4.32. The Kier molecular flexibility index (Phi) is 6.04. The van der Waals surface area contributed by atoms with Gasteiger partial charge in [-0.1, -0.05) is 28.1 Å². The fourth-order valence-corrected chi connectivity index (χ4v) is 4.20. The average molecular weight is 458 g/mol. The van der Waals surface area contributed by atoms with Crippen LogP contribution >= 0.6 is 15.9 Å². The molecule has 0 radical (unpaired) electrons. The lowest BCUT2D eigenvalue weighted by atomic mass is 10.1. The number of methoxy groups -OCH3 is 1. The first kappa shape index (κ1) is 19.8. The summed E-state index contributed by atoms with van der Waals surface area (Å²) in [6.07, 6.45) is 3.13. The second-order valence-corrected chi connectivity index (χ2v) is 8.13. The van der Waals surface area contributed by atoms with Crippen molar-refractivity contribution in [3.8, 4) is 5.75 Å². The van der Waals surface area contributed by atoms with Crippen LogP contribution in [0.1, 0.15) is 24.8 Å². The number of hydrogen-bond acceptors (Lipinski definition) is 5. The number of oxazole rings is 1. The number of rotatable bonds is 7. The van der Waals surface area contributed by atoms with Gasteiger partial charge in [-0.3, -0.25) is 4.79 Å². The molecule has 1 aliphatic rings. The molecule has 152 valence electrons. The van der Waals surface area contributed by atoms with E-state index in [1.54, 1.807) is 7.11 Å². The van der Waals surface area contributed by atoms with E-state index in [4.69, 9.17) is 9.15 Å². The van der Waals surface area contributed by atoms with Crippen LogP contribution in [0.3, 0.4) is 0 Å². The van der Waals surface area contributed by atoms with Crippen LogP contribution in [0.4, 0.5) is 6.01 Å². The number of amides is 1. The number of nitrogens with zero attached hydrogens (tertiary/aromatic N) is 2. The number of ether oxygens (including phenoxy) is 1. The summed E-state index contributed by atoms with van der Waals surface area (Å²) < 4.78 is 12.3. The second-order valence-electron chi connectivity index (χ2n) is 7.21. The van der Waals surface area contributed by atoms with E-state index in [0.29, 0.717) is 25.4 Å². The minimum absolute atomic E-state index is 0.0384. The molecule has 2 aromatic carbocycles. The zero-order chi connectivity index (χ0) is 20.2. The highest BCUT2D eigenvalue weighted by molar-refractivity contribution is 9.10. The summed E-state index contributed by atoms with van der Waals surface area (Å²) in [6.45, 7) is 1.48. The number of benzene rings is 2. The molecule has 1 unspecified atom stereocenters. The number of anilines is 1. The highest BCUT2D eigenvalue weighted by atomic mass is 79.9. The number of hydrogen-bond donors (Lipinski definition) is 1. The number of aromatic nitrogens is 1. The fraction of sp³-hybridized carbons (Fsp3) is 0.364. The number of para-hydroxylation sites is 2. The SMILES string of the molecule is COc1ccc(Br)cc1CCC(=O)NCC1CCCN1c1nc2ccccc2o1. The van der Waals surface area contributed by atoms with Crippen molar-refractivity contribution in [2.24, 2.45) is 0 Å². The van der Waals surface area contributed by atoms with Crippen LogP contribution in [0.15, 0.2) is 51.4 Å². The molecule has 1 amide bonds. The third-order valence-electron chi connectivity index (χ3n) is 5.30. The van der Waals surface area contributed by atoms with E-state index in [-0.39, 0.29) is 11.9 Å². The van der Waals surface area contributed by atoms with E-state index < -0.39 is 0 Å². The van der Waals surface area contributed by atoms with E-state index in [2.05, 4.69) is 31.1 Å². The first-order valence-corrected chi connectivity index (χ1v) is 10.6. The van der Waals surface area contributed by atoms with Gasteiger partial charge in [-0.2, -0.15) is 4.98 Å². The van der Waals surface area contributed by atoms with Gasteiger partial charge in [0.25, 0.3) is 6.01 Å². The quantitative estimate of drug-likeness (QED) is 0.572. The first-order chi connectivity index (χ1) is 14.1. The lowest BCUT2D eigenvalue weighted by Gasteiger charge is -2.23. The van der Waals surface area contributed by atoms with Crippen LogP contribution in [0.25, 0.3) is 11.1 Å². The Morgan fingerprint density at radius 2 is 2.21 bits per heavy atom. The van der Waals surface area contributed by atoms with Crippen molar-refractivity contribution in [1.82, 2.24) is 10.3 Å². The number of carbonyl (C=O) groups is 1. The topological polar surface area (TPSA) is 67.6 Å². The summed E-state index contributed by atoms with van der Waals surface area (Å²) in [4.78, 5) is 19.2. The summed E-state index contributed by atoms with van der Waals surface area (Å²) in [5, 5.41) is 3.08. The third-order valence-corrected chi connectivity index (χ3v) is 5.80. The molecule has 1 N–H and O–H groups in total. The summed E-state index contributed by atoms with van der Waals surface area (Å²) in [5.74, 6) is 0.843. The van der Waals surface area contributed by atoms with E-state index in [0.717, 1.165) is 46.3 Å². The lowest BCUT2D eigenvalue weighted by molar-refractivity contribution is -0.121. The third kappa shape index (κ3) is 4.56. The second kappa shape index (κ2) is 8.86. The van der Waals surface area contributed by atoms with Crippen molar-refractivity contribution in [3.05, 3.63) is 52.5 Å². The van der Waals surface area contributed by atoms with Crippen molar-refractivity contribution in [2.45, 2.75) is 31.7 Å². The molecule has 6 nitrogen and oxygen atoms in total. The molecule has 7 heteroatoms. The monoisotopic (exact) mass is 457 g/mol. The van der Waals surface area contributed by atoms with Gasteiger partial charge < -0.3 is 19.4 Å². The minimum atomic E-state index is 0.0384. The maximum Gasteiger partial charge on any atom is 0.298 e. The number of halogens is 1. The van der Waals surface area contributed by atoms with Crippen molar-refractivity contribution >= 4 is 39.0 Å². The first-order valence-electron chi connectivity index (χ1n) is 9.85. The van der Waals surface area contributed by atoms with Gasteiger partial charge in [0, 0.05) is 24.0 Å². The van der Waals surface area contributed by atoms with Gasteiger partial charge in [0.05, 0.1) is 13.2 Å². The largest absolute Gasteiger partial charge is 0.496 e. The number of aryl methyl sites for hydroxylation is 1. The molecule has 0 saturated carbocycles. The van der Waals surface area contributed by atoms with Gasteiger partial charge in [-0.25, -0.2) is 0 Å². The molecule has 2 heterocycles. The van der Waals surface area contributed by atoms with Crippen LogP contribution < -0.4 is 15.0 Å². The van der Waals surface area contributed by atoms with Crippen molar-refractivity contribution < 1.29 is 13.9 Å². The summed E-state index contributed by atoms with van der Waals surface area (Å²) in [6, 6.07) is 14.5. The highest BCUT2D eigenvalue weighted by Crippen LogP contribution is 2.28. The lowest BCUT2D eigenvalue weighted by Crippen LogP contribution is -2.40. The molecule has 3 aromatic rings. The molecule has 1 aliphatic heterocycles. The summed E-state index contributed by atoms with van der Waals surface area (Å²) in [7, 11) is 1.65. The number of carbonyl (C=O) groups excluding carboxylic acids is 1. The molecule has 0 bridgehead atoms. The summed E-state index contributed by atoms with van der Waals surface area (Å²) >= 11 is 3.47. The normalized spacial score (nSPS) is 16.3. The van der Waals surface area contributed by atoms with Crippen molar-refractivity contribution in [1.29, 1.82) is 0 Å². The van der Waals surface area contributed by atoms with Crippen LogP contribution in [0, 0.1) is 0 Å². The van der Waals surface area contributed by atoms with Gasteiger partial charge in [0.15, 0.2) is 5.58 Å². The Hall–Kier alpha value is -2.54. The number of fused-ring (bicyclic) bond motifs is 1. The Morgan fingerprint density at radius 1 is 1.34 bits per heavy atom. The van der Waals surface area contributed by atoms with E-state index in [1.807, 2.05) is 42.5 Å². The van der Waals surface area contributed by atoms with Gasteiger partial charge in [0.2, 0.25) is 5.91 Å². The molecule has 1 fully saturated rings. The molecule has 1 atom stereocenters. The fourth-order valence-electron chi connectivity index (χ4n) is 3.79. The van der Waals surface area contributed by atoms with Gasteiger partial charge in [-0.05, 0) is 55.2 Å². The number of nitrogens with one attached hydrogen (secondary N) is 1. The van der Waals surface area contributed by atoms with Gasteiger partial charge in [0.1, 0.15) is 11.3 Å². The predicted molar refractivity (Wildman–Crippen MR) is 116 cm³/mol. The van der Waals surface area contributed by atoms with Crippen molar-refractivity contribution in [3.63, 3.8) is 0 Å². The zero-order valence-corrected chi connectivity index (χ0v) is 17.9. The maximum absolute atomic E-state index is 12.4. The summed E-state index contributed by atoms with van der Waals surface area (Å²) in [5.41, 5.74) is 2.67. The van der Waals surface area contributed by atoms with Crippen molar-refractivity contribution in [2.75, 3.05) is 25.1 Å².